The molecule has 2 aromatic rings. The minimum atomic E-state index is -3.77. The standard InChI is InChI=1S/C20H21BrCl2FN3O3S/c1-31(29,30)25-20(28)15-10-16(21)14(9-19(15)24)12-27-6-4-26(5-7-27)11-13-2-3-17(22)18(23)8-13/h2-3,8-10H,4-7,11-12H2,1H3,(H,25,28). The lowest BCUT2D eigenvalue weighted by Crippen LogP contribution is -2.45. The van der Waals surface area contributed by atoms with Crippen molar-refractivity contribution >= 4 is 55.1 Å². The number of hydrogen-bond acceptors (Lipinski definition) is 5. The number of rotatable bonds is 6. The first kappa shape index (κ1) is 24.4. The molecule has 2 aromatic carbocycles. The van der Waals surface area contributed by atoms with E-state index in [-0.39, 0.29) is 5.56 Å². The molecular formula is C20H21BrCl2FN3O3S. The molecule has 0 saturated carbocycles. The Bertz CT molecular complexity index is 1090. The van der Waals surface area contributed by atoms with Gasteiger partial charge in [0.2, 0.25) is 10.0 Å². The molecule has 6 nitrogen and oxygen atoms in total. The van der Waals surface area contributed by atoms with Gasteiger partial charge < -0.3 is 0 Å². The zero-order valence-electron chi connectivity index (χ0n) is 16.7. The fourth-order valence-electron chi connectivity index (χ4n) is 3.35. The van der Waals surface area contributed by atoms with Crippen LogP contribution in [0.5, 0.6) is 0 Å². The summed E-state index contributed by atoms with van der Waals surface area (Å²) < 4.78 is 39.2. The highest BCUT2D eigenvalue weighted by atomic mass is 79.9. The van der Waals surface area contributed by atoms with E-state index < -0.39 is 21.7 Å². The van der Waals surface area contributed by atoms with Crippen LogP contribution in [0.25, 0.3) is 0 Å². The molecule has 11 heteroatoms. The maximum Gasteiger partial charge on any atom is 0.267 e. The van der Waals surface area contributed by atoms with Crippen molar-refractivity contribution in [2.24, 2.45) is 0 Å². The minimum absolute atomic E-state index is 0.326. The highest BCUT2D eigenvalue weighted by molar-refractivity contribution is 9.10. The summed E-state index contributed by atoms with van der Waals surface area (Å²) in [5, 5.41) is 1.08. The van der Waals surface area contributed by atoms with Crippen LogP contribution in [0.1, 0.15) is 21.5 Å². The third-order valence-electron chi connectivity index (χ3n) is 4.91. The summed E-state index contributed by atoms with van der Waals surface area (Å²) in [5.41, 5.74) is 1.45. The van der Waals surface area contributed by atoms with Gasteiger partial charge in [0, 0.05) is 43.7 Å². The van der Waals surface area contributed by atoms with Gasteiger partial charge in [-0.15, -0.1) is 0 Å². The highest BCUT2D eigenvalue weighted by Gasteiger charge is 2.21. The van der Waals surface area contributed by atoms with Gasteiger partial charge in [-0.3, -0.25) is 14.6 Å². The normalized spacial score (nSPS) is 15.8. The molecule has 0 aromatic heterocycles. The minimum Gasteiger partial charge on any atom is -0.297 e. The number of halogens is 4. The molecule has 168 valence electrons. The van der Waals surface area contributed by atoms with Gasteiger partial charge in [0.1, 0.15) is 5.82 Å². The molecular weight excluding hydrogens is 532 g/mol. The SMILES string of the molecule is CS(=O)(=O)NC(=O)c1cc(Br)c(CN2CCN(Cc3ccc(Cl)c(Cl)c3)CC2)cc1F. The van der Waals surface area contributed by atoms with E-state index in [0.29, 0.717) is 26.6 Å². The number of piperazine rings is 1. The second-order valence-corrected chi connectivity index (χ2v) is 10.8. The van der Waals surface area contributed by atoms with Crippen molar-refractivity contribution in [2.45, 2.75) is 13.1 Å². The predicted molar refractivity (Wildman–Crippen MR) is 123 cm³/mol. The number of nitrogens with one attached hydrogen (secondary N) is 1. The number of benzene rings is 2. The monoisotopic (exact) mass is 551 g/mol. The number of amides is 1. The molecule has 1 saturated heterocycles. The zero-order valence-corrected chi connectivity index (χ0v) is 20.6. The lowest BCUT2D eigenvalue weighted by atomic mass is 10.1. The molecule has 31 heavy (non-hydrogen) atoms. The molecule has 1 heterocycles. The largest absolute Gasteiger partial charge is 0.297 e. The van der Waals surface area contributed by atoms with Gasteiger partial charge in [0.25, 0.3) is 5.91 Å². The van der Waals surface area contributed by atoms with Gasteiger partial charge >= 0.3 is 0 Å². The van der Waals surface area contributed by atoms with Crippen LogP contribution in [0.2, 0.25) is 10.0 Å². The summed E-state index contributed by atoms with van der Waals surface area (Å²) in [7, 11) is -3.77. The van der Waals surface area contributed by atoms with Crippen LogP contribution in [0.3, 0.4) is 0 Å². The van der Waals surface area contributed by atoms with Crippen LogP contribution < -0.4 is 4.72 Å². The van der Waals surface area contributed by atoms with Crippen molar-refractivity contribution in [2.75, 3.05) is 32.4 Å². The van der Waals surface area contributed by atoms with Crippen LogP contribution in [0, 0.1) is 5.82 Å². The lowest BCUT2D eigenvalue weighted by Gasteiger charge is -2.35. The van der Waals surface area contributed by atoms with Crippen molar-refractivity contribution in [3.8, 4) is 0 Å². The van der Waals surface area contributed by atoms with Crippen LogP contribution >= 0.6 is 39.1 Å². The molecule has 0 aliphatic carbocycles. The topological polar surface area (TPSA) is 69.7 Å². The lowest BCUT2D eigenvalue weighted by molar-refractivity contribution is 0.0977. The molecule has 1 N–H and O–H groups in total. The Morgan fingerprint density at radius 3 is 2.26 bits per heavy atom. The second-order valence-electron chi connectivity index (χ2n) is 7.43. The molecule has 0 spiro atoms. The van der Waals surface area contributed by atoms with Gasteiger partial charge in [0.15, 0.2) is 0 Å². The van der Waals surface area contributed by atoms with E-state index >= 15 is 0 Å². The number of nitrogens with zero attached hydrogens (tertiary/aromatic N) is 2. The Labute approximate surface area is 199 Å². The highest BCUT2D eigenvalue weighted by Crippen LogP contribution is 2.25. The average Bonchev–Trinajstić information content (AvgIpc) is 2.67. The summed E-state index contributed by atoms with van der Waals surface area (Å²) >= 11 is 15.4. The van der Waals surface area contributed by atoms with Gasteiger partial charge in [-0.1, -0.05) is 45.2 Å². The van der Waals surface area contributed by atoms with Crippen molar-refractivity contribution in [3.05, 3.63) is 67.4 Å². The molecule has 1 fully saturated rings. The molecule has 3 rings (SSSR count). The summed E-state index contributed by atoms with van der Waals surface area (Å²) in [6, 6.07) is 8.20. The molecule has 0 radical (unpaired) electrons. The van der Waals surface area contributed by atoms with E-state index in [2.05, 4.69) is 25.7 Å². The molecule has 0 bridgehead atoms. The molecule has 1 aliphatic heterocycles. The van der Waals surface area contributed by atoms with Crippen molar-refractivity contribution < 1.29 is 17.6 Å². The van der Waals surface area contributed by atoms with Crippen LogP contribution in [0.15, 0.2) is 34.8 Å². The Morgan fingerprint density at radius 1 is 1.06 bits per heavy atom. The first-order valence-corrected chi connectivity index (χ1v) is 12.8. The van der Waals surface area contributed by atoms with E-state index in [0.717, 1.165) is 44.5 Å². The van der Waals surface area contributed by atoms with Crippen molar-refractivity contribution in [3.63, 3.8) is 0 Å². The van der Waals surface area contributed by atoms with Crippen molar-refractivity contribution in [1.82, 2.24) is 14.5 Å². The Hall–Kier alpha value is -1.23. The van der Waals surface area contributed by atoms with E-state index in [4.69, 9.17) is 23.2 Å². The third-order valence-corrected chi connectivity index (χ3v) is 6.94. The molecule has 1 amide bonds. The van der Waals surface area contributed by atoms with E-state index in [1.54, 1.807) is 10.8 Å². The maximum atomic E-state index is 14.5. The average molecular weight is 553 g/mol. The molecule has 0 unspecified atom stereocenters. The second kappa shape index (κ2) is 10.1. The summed E-state index contributed by atoms with van der Waals surface area (Å²) in [6.45, 7) is 4.56. The fourth-order valence-corrected chi connectivity index (χ4v) is 4.59. The predicted octanol–water partition coefficient (Wildman–Crippen LogP) is 3.90. The van der Waals surface area contributed by atoms with Crippen LogP contribution in [0.4, 0.5) is 4.39 Å². The molecule has 1 aliphatic rings. The van der Waals surface area contributed by atoms with Gasteiger partial charge in [-0.2, -0.15) is 0 Å². The third kappa shape index (κ3) is 6.87. The first-order valence-electron chi connectivity index (χ1n) is 9.40. The zero-order chi connectivity index (χ0) is 22.8. The summed E-state index contributed by atoms with van der Waals surface area (Å²) in [5.74, 6) is -1.76. The quantitative estimate of drug-likeness (QED) is 0.588. The first-order chi connectivity index (χ1) is 14.5. The summed E-state index contributed by atoms with van der Waals surface area (Å²) in [4.78, 5) is 16.5. The number of sulfonamides is 1. The van der Waals surface area contributed by atoms with E-state index in [1.807, 2.05) is 12.1 Å². The number of carbonyl (C=O) groups excluding carboxylic acids is 1. The van der Waals surface area contributed by atoms with Gasteiger partial charge in [-0.05, 0) is 35.4 Å². The summed E-state index contributed by atoms with van der Waals surface area (Å²) in [6.07, 6.45) is 0.841. The Kier molecular flexibility index (Phi) is 7.99. The Balaban J connectivity index is 1.59. The smallest absolute Gasteiger partial charge is 0.267 e. The van der Waals surface area contributed by atoms with Crippen LogP contribution in [-0.2, 0) is 23.1 Å². The van der Waals surface area contributed by atoms with Crippen LogP contribution in [-0.4, -0.2) is 56.6 Å². The van der Waals surface area contributed by atoms with Gasteiger partial charge in [-0.25, -0.2) is 17.5 Å². The Morgan fingerprint density at radius 2 is 1.68 bits per heavy atom. The molecule has 0 atom stereocenters. The maximum absolute atomic E-state index is 14.5. The fraction of sp³-hybridized carbons (Fsp3) is 0.350. The van der Waals surface area contributed by atoms with E-state index in [1.165, 1.54) is 12.1 Å². The van der Waals surface area contributed by atoms with Gasteiger partial charge in [0.05, 0.1) is 21.9 Å². The van der Waals surface area contributed by atoms with Crippen molar-refractivity contribution in [1.29, 1.82) is 0 Å². The number of carbonyl (C=O) groups is 1. The number of hydrogen-bond donors (Lipinski definition) is 1. The van der Waals surface area contributed by atoms with E-state index in [9.17, 15) is 17.6 Å².